The van der Waals surface area contributed by atoms with Crippen molar-refractivity contribution >= 4 is 17.8 Å². The van der Waals surface area contributed by atoms with Crippen molar-refractivity contribution in [2.75, 3.05) is 0 Å². The Hall–Kier alpha value is -1.39. The van der Waals surface area contributed by atoms with Crippen molar-refractivity contribution in [2.45, 2.75) is 64.8 Å². The molecule has 20 heavy (non-hydrogen) atoms. The van der Waals surface area contributed by atoms with Crippen LogP contribution in [0.5, 0.6) is 0 Å². The molecule has 2 unspecified atom stereocenters. The SMILES string of the molecule is CCCCC(C)N1C(=O)NC(=O)C(C2CCCC2)C1=O. The minimum absolute atomic E-state index is 0.108. The number of rotatable bonds is 5. The third-order valence-electron chi connectivity index (χ3n) is 4.52. The maximum atomic E-state index is 12.6. The number of hydrogen-bond donors (Lipinski definition) is 1. The van der Waals surface area contributed by atoms with Crippen LogP contribution in [0.4, 0.5) is 4.79 Å². The number of urea groups is 1. The molecule has 0 aromatic carbocycles. The lowest BCUT2D eigenvalue weighted by Gasteiger charge is -2.36. The minimum atomic E-state index is -0.653. The summed E-state index contributed by atoms with van der Waals surface area (Å²) in [5.74, 6) is -1.23. The standard InChI is InChI=1S/C15H24N2O3/c1-3-4-7-10(2)17-14(19)12(11-8-5-6-9-11)13(18)16-15(17)20/h10-12H,3-9H2,1-2H3,(H,16,18,20). The van der Waals surface area contributed by atoms with Crippen molar-refractivity contribution in [1.29, 1.82) is 0 Å². The fraction of sp³-hybridized carbons (Fsp3) is 0.800. The molecular weight excluding hydrogens is 256 g/mol. The first kappa shape index (κ1) is 15.0. The summed E-state index contributed by atoms with van der Waals surface area (Å²) < 4.78 is 0. The van der Waals surface area contributed by atoms with Gasteiger partial charge in [0.25, 0.3) is 0 Å². The van der Waals surface area contributed by atoms with E-state index in [0.29, 0.717) is 0 Å². The van der Waals surface area contributed by atoms with E-state index in [1.807, 2.05) is 6.92 Å². The molecule has 0 spiro atoms. The number of amides is 4. The molecule has 0 bridgehead atoms. The summed E-state index contributed by atoms with van der Waals surface area (Å²) in [7, 11) is 0. The predicted molar refractivity (Wildman–Crippen MR) is 74.8 cm³/mol. The summed E-state index contributed by atoms with van der Waals surface area (Å²) in [6.45, 7) is 3.96. The highest BCUT2D eigenvalue weighted by Gasteiger charge is 2.46. The summed E-state index contributed by atoms with van der Waals surface area (Å²) in [6.07, 6.45) is 6.76. The van der Waals surface area contributed by atoms with Gasteiger partial charge in [0.05, 0.1) is 0 Å². The van der Waals surface area contributed by atoms with Gasteiger partial charge < -0.3 is 0 Å². The molecule has 1 saturated carbocycles. The smallest absolute Gasteiger partial charge is 0.277 e. The van der Waals surface area contributed by atoms with E-state index in [2.05, 4.69) is 12.2 Å². The first-order valence-electron chi connectivity index (χ1n) is 7.74. The number of hydrogen-bond acceptors (Lipinski definition) is 3. The van der Waals surface area contributed by atoms with Crippen LogP contribution in [0, 0.1) is 11.8 Å². The molecule has 5 nitrogen and oxygen atoms in total. The van der Waals surface area contributed by atoms with E-state index in [4.69, 9.17) is 0 Å². The predicted octanol–water partition coefficient (Wildman–Crippen LogP) is 2.45. The van der Waals surface area contributed by atoms with Crippen LogP contribution in [0.3, 0.4) is 0 Å². The van der Waals surface area contributed by atoms with E-state index >= 15 is 0 Å². The number of barbiturate groups is 1. The van der Waals surface area contributed by atoms with Crippen molar-refractivity contribution in [3.8, 4) is 0 Å². The van der Waals surface area contributed by atoms with Crippen molar-refractivity contribution in [2.24, 2.45) is 11.8 Å². The fourth-order valence-corrected chi connectivity index (χ4v) is 3.36. The molecule has 1 aliphatic heterocycles. The summed E-state index contributed by atoms with van der Waals surface area (Å²) in [4.78, 5) is 37.8. The zero-order valence-corrected chi connectivity index (χ0v) is 12.4. The molecule has 2 fully saturated rings. The van der Waals surface area contributed by atoms with Gasteiger partial charge in [-0.1, -0.05) is 32.6 Å². The quantitative estimate of drug-likeness (QED) is 0.787. The van der Waals surface area contributed by atoms with Gasteiger partial charge in [0.1, 0.15) is 5.92 Å². The van der Waals surface area contributed by atoms with Crippen LogP contribution in [0.2, 0.25) is 0 Å². The van der Waals surface area contributed by atoms with E-state index in [9.17, 15) is 14.4 Å². The molecule has 1 saturated heterocycles. The van der Waals surface area contributed by atoms with Gasteiger partial charge in [-0.25, -0.2) is 4.79 Å². The van der Waals surface area contributed by atoms with Gasteiger partial charge in [-0.2, -0.15) is 0 Å². The number of carbonyl (C=O) groups excluding carboxylic acids is 3. The molecule has 0 aromatic rings. The Bertz CT molecular complexity index is 402. The van der Waals surface area contributed by atoms with Crippen molar-refractivity contribution in [3.63, 3.8) is 0 Å². The summed E-state index contributed by atoms with van der Waals surface area (Å²) in [6, 6.07) is -0.683. The Morgan fingerprint density at radius 1 is 1.25 bits per heavy atom. The minimum Gasteiger partial charge on any atom is -0.277 e. The molecule has 2 rings (SSSR count). The third kappa shape index (κ3) is 2.86. The normalized spacial score (nSPS) is 26.0. The average molecular weight is 280 g/mol. The zero-order valence-electron chi connectivity index (χ0n) is 12.4. The molecule has 2 atom stereocenters. The lowest BCUT2D eigenvalue weighted by molar-refractivity contribution is -0.146. The Morgan fingerprint density at radius 3 is 2.50 bits per heavy atom. The second kappa shape index (κ2) is 6.37. The molecule has 5 heteroatoms. The highest BCUT2D eigenvalue weighted by atomic mass is 16.2. The highest BCUT2D eigenvalue weighted by Crippen LogP contribution is 2.34. The van der Waals surface area contributed by atoms with Gasteiger partial charge in [-0.15, -0.1) is 0 Å². The number of carbonyl (C=O) groups is 3. The van der Waals surface area contributed by atoms with Crippen LogP contribution in [0.15, 0.2) is 0 Å². The molecule has 0 radical (unpaired) electrons. The van der Waals surface area contributed by atoms with Crippen LogP contribution in [-0.2, 0) is 9.59 Å². The number of imide groups is 2. The van der Waals surface area contributed by atoms with Crippen molar-refractivity contribution < 1.29 is 14.4 Å². The first-order valence-corrected chi connectivity index (χ1v) is 7.74. The van der Waals surface area contributed by atoms with Crippen LogP contribution in [0.1, 0.15) is 58.8 Å². The van der Waals surface area contributed by atoms with Gasteiger partial charge in [-0.3, -0.25) is 19.8 Å². The van der Waals surface area contributed by atoms with Gasteiger partial charge in [0.2, 0.25) is 11.8 Å². The van der Waals surface area contributed by atoms with Crippen LogP contribution < -0.4 is 5.32 Å². The second-order valence-electron chi connectivity index (χ2n) is 6.02. The van der Waals surface area contributed by atoms with Crippen LogP contribution >= 0.6 is 0 Å². The molecule has 0 aromatic heterocycles. The second-order valence-corrected chi connectivity index (χ2v) is 6.02. The summed E-state index contributed by atoms with van der Waals surface area (Å²) in [5.41, 5.74) is 0. The Morgan fingerprint density at radius 2 is 1.90 bits per heavy atom. The topological polar surface area (TPSA) is 66.5 Å². The lowest BCUT2D eigenvalue weighted by Crippen LogP contribution is -2.61. The van der Waals surface area contributed by atoms with E-state index in [1.54, 1.807) is 0 Å². The molecule has 1 aliphatic carbocycles. The molecular formula is C15H24N2O3. The largest absolute Gasteiger partial charge is 0.331 e. The van der Waals surface area contributed by atoms with E-state index in [-0.39, 0.29) is 17.9 Å². The van der Waals surface area contributed by atoms with Gasteiger partial charge in [0, 0.05) is 6.04 Å². The maximum Gasteiger partial charge on any atom is 0.331 e. The molecule has 1 N–H and O–H groups in total. The van der Waals surface area contributed by atoms with Crippen LogP contribution in [-0.4, -0.2) is 28.8 Å². The van der Waals surface area contributed by atoms with Gasteiger partial charge in [0.15, 0.2) is 0 Å². The lowest BCUT2D eigenvalue weighted by atomic mass is 9.87. The van der Waals surface area contributed by atoms with Crippen molar-refractivity contribution in [3.05, 3.63) is 0 Å². The molecule has 2 aliphatic rings. The Balaban J connectivity index is 2.13. The monoisotopic (exact) mass is 280 g/mol. The number of unbranched alkanes of at least 4 members (excludes halogenated alkanes) is 1. The Kier molecular flexibility index (Phi) is 4.78. The number of nitrogens with zero attached hydrogens (tertiary/aromatic N) is 1. The van der Waals surface area contributed by atoms with Crippen LogP contribution in [0.25, 0.3) is 0 Å². The van der Waals surface area contributed by atoms with E-state index in [1.165, 1.54) is 4.90 Å². The fourth-order valence-electron chi connectivity index (χ4n) is 3.36. The Labute approximate surface area is 120 Å². The molecule has 1 heterocycles. The number of nitrogens with one attached hydrogen (secondary N) is 1. The summed E-state index contributed by atoms with van der Waals surface area (Å²) >= 11 is 0. The highest BCUT2D eigenvalue weighted by molar-refractivity contribution is 6.16. The average Bonchev–Trinajstić information content (AvgIpc) is 2.89. The van der Waals surface area contributed by atoms with E-state index < -0.39 is 17.9 Å². The third-order valence-corrected chi connectivity index (χ3v) is 4.52. The maximum absolute atomic E-state index is 12.6. The van der Waals surface area contributed by atoms with Gasteiger partial charge in [-0.05, 0) is 32.1 Å². The van der Waals surface area contributed by atoms with E-state index in [0.717, 1.165) is 44.9 Å². The molecule has 112 valence electrons. The summed E-state index contributed by atoms with van der Waals surface area (Å²) in [5, 5.41) is 2.37. The zero-order chi connectivity index (χ0) is 14.7. The first-order chi connectivity index (χ1) is 9.56. The van der Waals surface area contributed by atoms with Gasteiger partial charge >= 0.3 is 6.03 Å². The molecule has 4 amide bonds. The van der Waals surface area contributed by atoms with Crippen molar-refractivity contribution in [1.82, 2.24) is 10.2 Å².